The van der Waals surface area contributed by atoms with E-state index in [1.54, 1.807) is 11.3 Å². The summed E-state index contributed by atoms with van der Waals surface area (Å²) in [6.07, 6.45) is 6.72. The number of benzene rings is 1. The highest BCUT2D eigenvalue weighted by Crippen LogP contribution is 2.47. The first kappa shape index (κ1) is 10.6. The van der Waals surface area contributed by atoms with E-state index < -0.39 is 10.0 Å². The van der Waals surface area contributed by atoms with Crippen LogP contribution in [0.1, 0.15) is 0 Å². The molecule has 2 rings (SSSR count). The molecule has 2 nitrogen and oxygen atoms in total. The molecule has 4 heteroatoms. The van der Waals surface area contributed by atoms with Gasteiger partial charge in [-0.25, -0.2) is 0 Å². The van der Waals surface area contributed by atoms with Crippen LogP contribution in [0.4, 0.5) is 0 Å². The molecule has 0 aliphatic carbocycles. The normalized spacial score (nSPS) is 12.7. The monoisotopic (exact) mass is 238 g/mol. The molecule has 1 heterocycles. The van der Waals surface area contributed by atoms with Crippen LogP contribution < -0.4 is 0 Å². The lowest BCUT2D eigenvalue weighted by atomic mass is 10.2. The van der Waals surface area contributed by atoms with Gasteiger partial charge < -0.3 is 0 Å². The summed E-state index contributed by atoms with van der Waals surface area (Å²) >= 11 is 1.71. The van der Waals surface area contributed by atoms with Crippen molar-refractivity contribution in [1.29, 1.82) is 0 Å². The molecule has 0 aliphatic heterocycles. The fraction of sp³-hybridized carbons (Fsp3) is 0.273. The van der Waals surface area contributed by atoms with Crippen LogP contribution in [0.2, 0.25) is 0 Å². The van der Waals surface area contributed by atoms with E-state index in [0.29, 0.717) is 0 Å². The van der Waals surface area contributed by atoms with Gasteiger partial charge in [-0.05, 0) is 18.8 Å². The van der Waals surface area contributed by atoms with E-state index in [9.17, 15) is 0 Å². The summed E-state index contributed by atoms with van der Waals surface area (Å²) in [5.74, 6) is 0. The molecule has 0 spiro atoms. The second-order valence-electron chi connectivity index (χ2n) is 4.08. The minimum absolute atomic E-state index is 0.745. The summed E-state index contributed by atoms with van der Waals surface area (Å²) in [5, 5.41) is 9.53. The number of aromatic nitrogens is 2. The number of nitrogens with zero attached hydrogens (tertiary/aromatic N) is 2. The zero-order valence-electron chi connectivity index (χ0n) is 9.10. The summed E-state index contributed by atoms with van der Waals surface area (Å²) in [4.78, 5) is 0. The van der Waals surface area contributed by atoms with Crippen LogP contribution in [0.25, 0.3) is 10.6 Å². The highest BCUT2D eigenvalue weighted by molar-refractivity contribution is 8.33. The van der Waals surface area contributed by atoms with Crippen molar-refractivity contribution >= 4 is 21.4 Å². The Morgan fingerprint density at radius 2 is 1.67 bits per heavy atom. The average Bonchev–Trinajstić information content (AvgIpc) is 2.67. The Kier molecular flexibility index (Phi) is 2.80. The van der Waals surface area contributed by atoms with Crippen molar-refractivity contribution in [3.05, 3.63) is 30.3 Å². The van der Waals surface area contributed by atoms with Gasteiger partial charge in [0.2, 0.25) is 0 Å². The Balaban J connectivity index is 2.37. The predicted octanol–water partition coefficient (Wildman–Crippen LogP) is 3.26. The molecule has 80 valence electrons. The Morgan fingerprint density at radius 1 is 1.00 bits per heavy atom. The maximum Gasteiger partial charge on any atom is 0.156 e. The van der Waals surface area contributed by atoms with Crippen LogP contribution in [0.3, 0.4) is 0 Å². The molecular formula is C11H14N2S2. The quantitative estimate of drug-likeness (QED) is 0.802. The van der Waals surface area contributed by atoms with Crippen molar-refractivity contribution in [1.82, 2.24) is 10.2 Å². The third kappa shape index (κ3) is 2.38. The van der Waals surface area contributed by atoms with E-state index in [4.69, 9.17) is 0 Å². The Bertz CT molecular complexity index is 443. The lowest BCUT2D eigenvalue weighted by Gasteiger charge is -2.19. The standard InChI is InChI=1S/C11H14N2S2/c1-15(2,3)11-13-12-10(14-11)9-7-5-4-6-8-9/h4-8H,1-3H3. The average molecular weight is 238 g/mol. The Morgan fingerprint density at radius 3 is 2.20 bits per heavy atom. The molecule has 0 N–H and O–H groups in total. The van der Waals surface area contributed by atoms with Crippen molar-refractivity contribution in [3.63, 3.8) is 0 Å². The minimum atomic E-state index is -0.745. The van der Waals surface area contributed by atoms with E-state index in [1.807, 2.05) is 18.2 Å². The highest BCUT2D eigenvalue weighted by Gasteiger charge is 2.14. The van der Waals surface area contributed by atoms with Crippen LogP contribution in [0.15, 0.2) is 34.7 Å². The molecule has 0 atom stereocenters. The topological polar surface area (TPSA) is 25.8 Å². The molecule has 0 fully saturated rings. The van der Waals surface area contributed by atoms with Crippen LogP contribution in [0, 0.1) is 0 Å². The second-order valence-corrected chi connectivity index (χ2v) is 9.37. The van der Waals surface area contributed by atoms with E-state index >= 15 is 0 Å². The molecular weight excluding hydrogens is 224 g/mol. The summed E-state index contributed by atoms with van der Waals surface area (Å²) in [7, 11) is -0.745. The molecule has 0 saturated heterocycles. The van der Waals surface area contributed by atoms with Gasteiger partial charge in [0.1, 0.15) is 5.01 Å². The van der Waals surface area contributed by atoms with Crippen molar-refractivity contribution < 1.29 is 0 Å². The van der Waals surface area contributed by atoms with Crippen molar-refractivity contribution in [3.8, 4) is 10.6 Å². The third-order valence-electron chi connectivity index (χ3n) is 1.95. The van der Waals surface area contributed by atoms with Gasteiger partial charge in [-0.15, -0.1) is 10.2 Å². The largest absolute Gasteiger partial charge is 0.195 e. The molecule has 1 aromatic carbocycles. The molecule has 0 unspecified atom stereocenters. The SMILES string of the molecule is CS(C)(C)c1nnc(-c2ccccc2)s1. The van der Waals surface area contributed by atoms with Gasteiger partial charge in [0.25, 0.3) is 0 Å². The Labute approximate surface area is 95.7 Å². The highest BCUT2D eigenvalue weighted by atomic mass is 32.3. The van der Waals surface area contributed by atoms with Crippen molar-refractivity contribution in [2.24, 2.45) is 0 Å². The minimum Gasteiger partial charge on any atom is -0.195 e. The van der Waals surface area contributed by atoms with Crippen molar-refractivity contribution in [2.75, 3.05) is 18.8 Å². The molecule has 0 radical (unpaired) electrons. The molecule has 1 aromatic heterocycles. The maximum absolute atomic E-state index is 4.27. The Hall–Kier alpha value is -0.870. The maximum atomic E-state index is 4.27. The zero-order valence-corrected chi connectivity index (χ0v) is 10.7. The zero-order chi connectivity index (χ0) is 10.9. The summed E-state index contributed by atoms with van der Waals surface area (Å²) < 4.78 is 1.17. The van der Waals surface area contributed by atoms with Gasteiger partial charge >= 0.3 is 0 Å². The molecule has 0 bridgehead atoms. The first-order valence-electron chi connectivity index (χ1n) is 4.65. The number of hydrogen-bond donors (Lipinski definition) is 0. The lowest BCUT2D eigenvalue weighted by molar-refractivity contribution is 1.01. The van der Waals surface area contributed by atoms with Gasteiger partial charge in [0, 0.05) is 5.56 Å². The van der Waals surface area contributed by atoms with Crippen LogP contribution in [-0.2, 0) is 0 Å². The first-order chi connectivity index (χ1) is 7.07. The van der Waals surface area contributed by atoms with Gasteiger partial charge in [0.05, 0.1) is 0 Å². The smallest absolute Gasteiger partial charge is 0.156 e. The fourth-order valence-electron chi connectivity index (χ4n) is 1.15. The summed E-state index contributed by atoms with van der Waals surface area (Å²) in [6, 6.07) is 10.2. The van der Waals surface area contributed by atoms with E-state index in [0.717, 1.165) is 10.6 Å². The number of hydrogen-bond acceptors (Lipinski definition) is 3. The fourth-order valence-corrected chi connectivity index (χ4v) is 3.26. The third-order valence-corrected chi connectivity index (χ3v) is 5.60. The van der Waals surface area contributed by atoms with Crippen LogP contribution >= 0.6 is 21.4 Å². The van der Waals surface area contributed by atoms with Gasteiger partial charge in [-0.2, -0.15) is 10.0 Å². The van der Waals surface area contributed by atoms with Crippen LogP contribution in [-0.4, -0.2) is 29.0 Å². The molecule has 2 aromatic rings. The number of rotatable bonds is 2. The van der Waals surface area contributed by atoms with Gasteiger partial charge in [-0.3, -0.25) is 0 Å². The second kappa shape index (κ2) is 3.94. The molecule has 0 saturated carbocycles. The molecule has 0 amide bonds. The van der Waals surface area contributed by atoms with E-state index in [-0.39, 0.29) is 0 Å². The van der Waals surface area contributed by atoms with Gasteiger partial charge in [-0.1, -0.05) is 41.7 Å². The molecule has 0 aliphatic rings. The molecule has 15 heavy (non-hydrogen) atoms. The lowest BCUT2D eigenvalue weighted by Crippen LogP contribution is -1.91. The predicted molar refractivity (Wildman–Crippen MR) is 69.0 cm³/mol. The van der Waals surface area contributed by atoms with Crippen LogP contribution in [0.5, 0.6) is 0 Å². The summed E-state index contributed by atoms with van der Waals surface area (Å²) in [6.45, 7) is 0. The summed E-state index contributed by atoms with van der Waals surface area (Å²) in [5.41, 5.74) is 1.16. The first-order valence-corrected chi connectivity index (χ1v) is 8.32. The van der Waals surface area contributed by atoms with E-state index in [2.05, 4.69) is 41.1 Å². The van der Waals surface area contributed by atoms with E-state index in [1.165, 1.54) is 4.34 Å². The van der Waals surface area contributed by atoms with Gasteiger partial charge in [0.15, 0.2) is 4.34 Å². The van der Waals surface area contributed by atoms with Crippen molar-refractivity contribution in [2.45, 2.75) is 4.34 Å².